The van der Waals surface area contributed by atoms with E-state index >= 15 is 0 Å². The molecule has 0 radical (unpaired) electrons. The molecule has 0 aliphatic carbocycles. The van der Waals surface area contributed by atoms with Gasteiger partial charge in [-0.05, 0) is 49.9 Å². The molecule has 0 saturated heterocycles. The van der Waals surface area contributed by atoms with E-state index in [-0.39, 0.29) is 5.91 Å². The number of anilines is 1. The molecule has 120 valence electrons. The lowest BCUT2D eigenvalue weighted by atomic mass is 10.1. The van der Waals surface area contributed by atoms with Crippen LogP contribution in [0.3, 0.4) is 0 Å². The largest absolute Gasteiger partial charge is 0.497 e. The summed E-state index contributed by atoms with van der Waals surface area (Å²) in [5, 5.41) is 4.97. The van der Waals surface area contributed by atoms with Crippen LogP contribution in [0.25, 0.3) is 10.1 Å². The Bertz CT molecular complexity index is 875. The van der Waals surface area contributed by atoms with Gasteiger partial charge >= 0.3 is 0 Å². The normalized spacial score (nSPS) is 11.0. The summed E-state index contributed by atoms with van der Waals surface area (Å²) in [5.41, 5.74) is 2.40. The number of amides is 1. The minimum atomic E-state index is -0.0583. The monoisotopic (exact) mass is 330 g/mol. The van der Waals surface area contributed by atoms with Crippen LogP contribution < -0.4 is 9.64 Å². The molecular weight excluding hydrogens is 312 g/mol. The Balaban J connectivity index is 2.06. The zero-order valence-corrected chi connectivity index (χ0v) is 14.6. The summed E-state index contributed by atoms with van der Waals surface area (Å²) >= 11 is 1.49. The minimum absolute atomic E-state index is 0.0583. The van der Waals surface area contributed by atoms with Gasteiger partial charge in [-0.1, -0.05) is 5.16 Å². The fourth-order valence-corrected chi connectivity index (χ4v) is 3.91. The maximum Gasteiger partial charge on any atom is 0.268 e. The predicted molar refractivity (Wildman–Crippen MR) is 91.8 cm³/mol. The first-order chi connectivity index (χ1) is 10.9. The van der Waals surface area contributed by atoms with Gasteiger partial charge in [-0.2, -0.15) is 0 Å². The van der Waals surface area contributed by atoms with Crippen molar-refractivity contribution in [3.05, 3.63) is 40.1 Å². The number of carbonyl (C=O) groups excluding carboxylic acids is 1. The molecule has 0 unspecified atom stereocenters. The van der Waals surface area contributed by atoms with E-state index in [1.807, 2.05) is 39.0 Å². The standard InChI is InChI=1S/C17H18N2O3S/c1-9-13-8-12(21-5)6-7-14(13)23-16(9)17(20)19(4)15-10(2)18-22-11(15)3/h6-8H,1-5H3. The first-order valence-electron chi connectivity index (χ1n) is 7.22. The van der Waals surface area contributed by atoms with Crippen LogP contribution in [0.2, 0.25) is 0 Å². The van der Waals surface area contributed by atoms with Gasteiger partial charge in [0.1, 0.15) is 17.1 Å². The number of aryl methyl sites for hydroxylation is 3. The number of benzene rings is 1. The van der Waals surface area contributed by atoms with Gasteiger partial charge in [-0.3, -0.25) is 4.79 Å². The molecule has 6 heteroatoms. The van der Waals surface area contributed by atoms with E-state index in [1.165, 1.54) is 11.3 Å². The van der Waals surface area contributed by atoms with Gasteiger partial charge in [-0.15, -0.1) is 11.3 Å². The molecule has 3 rings (SSSR count). The van der Waals surface area contributed by atoms with Crippen molar-refractivity contribution in [1.82, 2.24) is 5.16 Å². The molecule has 1 amide bonds. The molecule has 2 aromatic heterocycles. The summed E-state index contributed by atoms with van der Waals surface area (Å²) in [7, 11) is 3.39. The van der Waals surface area contributed by atoms with E-state index in [9.17, 15) is 4.79 Å². The van der Waals surface area contributed by atoms with Crippen molar-refractivity contribution in [1.29, 1.82) is 0 Å². The number of fused-ring (bicyclic) bond motifs is 1. The quantitative estimate of drug-likeness (QED) is 0.725. The average molecular weight is 330 g/mol. The van der Waals surface area contributed by atoms with Crippen LogP contribution in [0.15, 0.2) is 22.7 Å². The van der Waals surface area contributed by atoms with Crippen molar-refractivity contribution < 1.29 is 14.1 Å². The van der Waals surface area contributed by atoms with Crippen LogP contribution in [-0.2, 0) is 0 Å². The van der Waals surface area contributed by atoms with Crippen LogP contribution in [0.5, 0.6) is 5.75 Å². The minimum Gasteiger partial charge on any atom is -0.497 e. The van der Waals surface area contributed by atoms with Crippen molar-refractivity contribution in [2.24, 2.45) is 0 Å². The van der Waals surface area contributed by atoms with Crippen molar-refractivity contribution >= 4 is 33.0 Å². The van der Waals surface area contributed by atoms with Crippen molar-refractivity contribution in [2.45, 2.75) is 20.8 Å². The van der Waals surface area contributed by atoms with E-state index in [2.05, 4.69) is 5.16 Å². The Morgan fingerprint density at radius 2 is 2.04 bits per heavy atom. The molecule has 23 heavy (non-hydrogen) atoms. The Morgan fingerprint density at radius 1 is 1.30 bits per heavy atom. The number of rotatable bonds is 3. The zero-order valence-electron chi connectivity index (χ0n) is 13.8. The van der Waals surface area contributed by atoms with Crippen LogP contribution in [0, 0.1) is 20.8 Å². The first kappa shape index (κ1) is 15.6. The highest BCUT2D eigenvalue weighted by Crippen LogP contribution is 2.35. The third kappa shape index (κ3) is 2.49. The summed E-state index contributed by atoms with van der Waals surface area (Å²) in [6.07, 6.45) is 0. The molecule has 0 fully saturated rings. The number of thiophene rings is 1. The van der Waals surface area contributed by atoms with E-state index in [0.717, 1.165) is 32.0 Å². The van der Waals surface area contributed by atoms with Gasteiger partial charge in [0.15, 0.2) is 5.76 Å². The molecule has 0 bridgehead atoms. The lowest BCUT2D eigenvalue weighted by Gasteiger charge is -2.16. The Kier molecular flexibility index (Phi) is 3.85. The summed E-state index contributed by atoms with van der Waals surface area (Å²) < 4.78 is 11.5. The number of hydrogen-bond acceptors (Lipinski definition) is 5. The maximum absolute atomic E-state index is 12.9. The van der Waals surface area contributed by atoms with Crippen molar-refractivity contribution in [3.8, 4) is 5.75 Å². The summed E-state index contributed by atoms with van der Waals surface area (Å²) in [5.74, 6) is 1.37. The van der Waals surface area contributed by atoms with E-state index in [4.69, 9.17) is 9.26 Å². The van der Waals surface area contributed by atoms with E-state index < -0.39 is 0 Å². The molecule has 0 aliphatic heterocycles. The highest BCUT2D eigenvalue weighted by atomic mass is 32.1. The van der Waals surface area contributed by atoms with Gasteiger partial charge < -0.3 is 14.2 Å². The number of nitrogens with zero attached hydrogens (tertiary/aromatic N) is 2. The van der Waals surface area contributed by atoms with Crippen LogP contribution in [0.1, 0.15) is 26.7 Å². The SMILES string of the molecule is COc1ccc2sc(C(=O)N(C)c3c(C)noc3C)c(C)c2c1. The smallest absolute Gasteiger partial charge is 0.268 e. The summed E-state index contributed by atoms with van der Waals surface area (Å²) in [6.45, 7) is 5.60. The van der Waals surface area contributed by atoms with Crippen molar-refractivity contribution in [3.63, 3.8) is 0 Å². The summed E-state index contributed by atoms with van der Waals surface area (Å²) in [4.78, 5) is 15.3. The highest BCUT2D eigenvalue weighted by Gasteiger charge is 2.24. The van der Waals surface area contributed by atoms with Gasteiger partial charge in [-0.25, -0.2) is 0 Å². The Hall–Kier alpha value is -2.34. The lowest BCUT2D eigenvalue weighted by molar-refractivity contribution is 0.0996. The number of aromatic nitrogens is 1. The lowest BCUT2D eigenvalue weighted by Crippen LogP contribution is -2.26. The van der Waals surface area contributed by atoms with Crippen LogP contribution >= 0.6 is 11.3 Å². The zero-order chi connectivity index (χ0) is 16.7. The predicted octanol–water partition coefficient (Wildman–Crippen LogP) is 4.10. The fraction of sp³-hybridized carbons (Fsp3) is 0.294. The van der Waals surface area contributed by atoms with Gasteiger partial charge in [0.2, 0.25) is 0 Å². The molecule has 1 aromatic carbocycles. The highest BCUT2D eigenvalue weighted by molar-refractivity contribution is 7.21. The first-order valence-corrected chi connectivity index (χ1v) is 8.03. The van der Waals surface area contributed by atoms with Gasteiger partial charge in [0, 0.05) is 11.7 Å². The molecule has 0 atom stereocenters. The van der Waals surface area contributed by atoms with Crippen molar-refractivity contribution in [2.75, 3.05) is 19.1 Å². The van der Waals surface area contributed by atoms with E-state index in [0.29, 0.717) is 11.5 Å². The second kappa shape index (κ2) is 5.70. The maximum atomic E-state index is 12.9. The molecule has 5 nitrogen and oxygen atoms in total. The topological polar surface area (TPSA) is 55.6 Å². The van der Waals surface area contributed by atoms with E-state index in [1.54, 1.807) is 19.1 Å². The Labute approximate surface area is 138 Å². The number of carbonyl (C=O) groups is 1. The second-order valence-corrected chi connectivity index (χ2v) is 6.51. The van der Waals surface area contributed by atoms with Gasteiger partial charge in [0.05, 0.1) is 12.0 Å². The molecule has 0 spiro atoms. The molecule has 2 heterocycles. The number of ether oxygens (including phenoxy) is 1. The molecule has 0 aliphatic rings. The Morgan fingerprint density at radius 3 is 2.65 bits per heavy atom. The molecular formula is C17H18N2O3S. The molecule has 0 saturated carbocycles. The second-order valence-electron chi connectivity index (χ2n) is 5.46. The molecule has 3 aromatic rings. The molecule has 0 N–H and O–H groups in total. The fourth-order valence-electron chi connectivity index (χ4n) is 2.74. The van der Waals surface area contributed by atoms with Gasteiger partial charge in [0.25, 0.3) is 5.91 Å². The average Bonchev–Trinajstić information content (AvgIpc) is 3.05. The van der Waals surface area contributed by atoms with Crippen LogP contribution in [-0.4, -0.2) is 25.2 Å². The third-order valence-corrected chi connectivity index (χ3v) is 5.23. The van der Waals surface area contributed by atoms with Crippen LogP contribution in [0.4, 0.5) is 5.69 Å². The third-order valence-electron chi connectivity index (χ3n) is 3.97. The summed E-state index contributed by atoms with van der Waals surface area (Å²) in [6, 6.07) is 5.86. The number of methoxy groups -OCH3 is 1. The number of hydrogen-bond donors (Lipinski definition) is 0.